The summed E-state index contributed by atoms with van der Waals surface area (Å²) in [6.07, 6.45) is 2.15. The highest BCUT2D eigenvalue weighted by atomic mass is 35.5. The Balaban J connectivity index is 1.36. The van der Waals surface area contributed by atoms with Gasteiger partial charge in [-0.1, -0.05) is 23.2 Å². The van der Waals surface area contributed by atoms with Crippen molar-refractivity contribution in [3.63, 3.8) is 0 Å². The van der Waals surface area contributed by atoms with Crippen molar-refractivity contribution >= 4 is 40.0 Å². The molecular weight excluding hydrogens is 590 g/mol. The zero-order valence-corrected chi connectivity index (χ0v) is 25.9. The maximum absolute atomic E-state index is 14.1. The van der Waals surface area contributed by atoms with Gasteiger partial charge in [0.25, 0.3) is 0 Å². The van der Waals surface area contributed by atoms with Gasteiger partial charge in [-0.3, -0.25) is 4.79 Å². The molecule has 3 heterocycles. The van der Waals surface area contributed by atoms with Crippen LogP contribution in [-0.4, -0.2) is 36.1 Å². The molecule has 1 amide bonds. The van der Waals surface area contributed by atoms with Gasteiger partial charge in [-0.2, -0.15) is 0 Å². The van der Waals surface area contributed by atoms with Crippen LogP contribution in [0.2, 0.25) is 10.0 Å². The number of aryl methyl sites for hydroxylation is 1. The number of rotatable bonds is 9. The van der Waals surface area contributed by atoms with Crippen molar-refractivity contribution in [2.75, 3.05) is 20.3 Å². The number of nitrogens with zero attached hydrogens (tertiary/aromatic N) is 2. The molecule has 10 heteroatoms. The lowest BCUT2D eigenvalue weighted by Crippen LogP contribution is -2.40. The van der Waals surface area contributed by atoms with E-state index in [1.165, 1.54) is 12.1 Å². The number of ether oxygens (including phenoxy) is 2. The van der Waals surface area contributed by atoms with Crippen LogP contribution < -0.4 is 20.5 Å². The minimum atomic E-state index is -1.02. The summed E-state index contributed by atoms with van der Waals surface area (Å²) in [4.78, 5) is 22.3. The largest absolute Gasteiger partial charge is 0.494 e. The molecule has 2 aliphatic rings. The summed E-state index contributed by atoms with van der Waals surface area (Å²) in [5, 5.41) is 5.21. The van der Waals surface area contributed by atoms with Gasteiger partial charge >= 0.3 is 0 Å². The first-order chi connectivity index (χ1) is 20.5. The van der Waals surface area contributed by atoms with E-state index in [9.17, 15) is 9.18 Å². The number of carbonyl (C=O) groups is 1. The number of fused-ring (bicyclic) bond motifs is 2. The summed E-state index contributed by atoms with van der Waals surface area (Å²) in [7, 11) is 1.64. The molecule has 1 aliphatic heterocycles. The summed E-state index contributed by atoms with van der Waals surface area (Å²) in [5.74, 6) is 0.656. The van der Waals surface area contributed by atoms with Gasteiger partial charge in [0.05, 0.1) is 22.8 Å². The Labute approximate surface area is 259 Å². The Hall–Kier alpha value is -3.46. The average Bonchev–Trinajstić information content (AvgIpc) is 3.76. The molecule has 1 aliphatic carbocycles. The molecule has 3 atom stereocenters. The Morgan fingerprint density at radius 3 is 2.63 bits per heavy atom. The lowest BCUT2D eigenvalue weighted by Gasteiger charge is -2.24. The fourth-order valence-corrected chi connectivity index (χ4v) is 6.16. The molecule has 43 heavy (non-hydrogen) atoms. The van der Waals surface area contributed by atoms with Crippen LogP contribution in [0.25, 0.3) is 22.2 Å². The minimum Gasteiger partial charge on any atom is -0.494 e. The third kappa shape index (κ3) is 5.41. The highest BCUT2D eigenvalue weighted by Gasteiger charge is 2.45. The molecule has 0 spiro atoms. The predicted molar refractivity (Wildman–Crippen MR) is 167 cm³/mol. The van der Waals surface area contributed by atoms with Crippen LogP contribution in [0, 0.1) is 18.7 Å². The molecule has 6 rings (SSSR count). The summed E-state index contributed by atoms with van der Waals surface area (Å²) in [6, 6.07) is 12.4. The number of amides is 1. The second-order valence-corrected chi connectivity index (χ2v) is 12.6. The summed E-state index contributed by atoms with van der Waals surface area (Å²) < 4.78 is 25.8. The first kappa shape index (κ1) is 29.6. The fourth-order valence-electron chi connectivity index (χ4n) is 5.82. The van der Waals surface area contributed by atoms with Gasteiger partial charge in [-0.15, -0.1) is 0 Å². The number of hydrogen-bond donors (Lipinski definition) is 2. The van der Waals surface area contributed by atoms with E-state index in [0.717, 1.165) is 40.7 Å². The molecule has 0 bridgehead atoms. The van der Waals surface area contributed by atoms with Crippen molar-refractivity contribution < 1.29 is 18.7 Å². The number of nitrogens with two attached hydrogens (primary N) is 1. The number of hydrogen-bond acceptors (Lipinski definition) is 6. The maximum atomic E-state index is 14.1. The van der Waals surface area contributed by atoms with Crippen molar-refractivity contribution in [2.24, 2.45) is 11.7 Å². The Bertz CT molecular complexity index is 1760. The minimum absolute atomic E-state index is 0.0131. The molecule has 224 valence electrons. The normalized spacial score (nSPS) is 19.1. The number of methoxy groups -OCH3 is 1. The Kier molecular flexibility index (Phi) is 7.73. The molecule has 2 aromatic carbocycles. The van der Waals surface area contributed by atoms with Crippen LogP contribution >= 0.6 is 23.2 Å². The molecule has 3 N–H and O–H groups in total. The van der Waals surface area contributed by atoms with E-state index in [-0.39, 0.29) is 23.6 Å². The van der Waals surface area contributed by atoms with Crippen molar-refractivity contribution in [1.29, 1.82) is 0 Å². The van der Waals surface area contributed by atoms with Crippen LogP contribution in [0.5, 0.6) is 11.5 Å². The summed E-state index contributed by atoms with van der Waals surface area (Å²) in [5.41, 5.74) is 10.1. The molecule has 4 aromatic rings. The SMILES string of the molecule is COc1cc(C(C)NC[C@H](c2cc3c(c(-c4ccc(F)c(Cl)c4)n2)OC[C@]3(C)C(N)=O)C2CC2)cc2cc(Cl)c(C)nc12. The van der Waals surface area contributed by atoms with E-state index < -0.39 is 17.1 Å². The third-order valence-corrected chi connectivity index (χ3v) is 9.47. The fraction of sp³-hybridized carbons (Fsp3) is 0.364. The smallest absolute Gasteiger partial charge is 0.231 e. The second-order valence-electron chi connectivity index (χ2n) is 11.8. The summed E-state index contributed by atoms with van der Waals surface area (Å²) in [6.45, 7) is 6.51. The average molecular weight is 624 g/mol. The first-order valence-electron chi connectivity index (χ1n) is 14.3. The van der Waals surface area contributed by atoms with Gasteiger partial charge in [0.15, 0.2) is 0 Å². The lowest BCUT2D eigenvalue weighted by atomic mass is 9.82. The zero-order chi connectivity index (χ0) is 30.6. The van der Waals surface area contributed by atoms with E-state index >= 15 is 0 Å². The van der Waals surface area contributed by atoms with Gasteiger partial charge < -0.3 is 20.5 Å². The molecule has 1 fully saturated rings. The number of carbonyl (C=O) groups excluding carboxylic acids is 1. The molecule has 1 saturated carbocycles. The quantitative estimate of drug-likeness (QED) is 0.208. The van der Waals surface area contributed by atoms with Crippen molar-refractivity contribution in [2.45, 2.75) is 51.0 Å². The maximum Gasteiger partial charge on any atom is 0.231 e. The highest BCUT2D eigenvalue weighted by Crippen LogP contribution is 2.48. The lowest BCUT2D eigenvalue weighted by molar-refractivity contribution is -0.123. The van der Waals surface area contributed by atoms with E-state index in [2.05, 4.69) is 23.3 Å². The molecular formula is C33H33Cl2FN4O3. The van der Waals surface area contributed by atoms with Crippen LogP contribution in [0.15, 0.2) is 42.5 Å². The Morgan fingerprint density at radius 1 is 1.19 bits per heavy atom. The van der Waals surface area contributed by atoms with Crippen LogP contribution in [0.1, 0.15) is 61.2 Å². The third-order valence-electron chi connectivity index (χ3n) is 8.80. The van der Waals surface area contributed by atoms with E-state index in [4.69, 9.17) is 43.4 Å². The van der Waals surface area contributed by atoms with Crippen molar-refractivity contribution in [3.8, 4) is 22.8 Å². The van der Waals surface area contributed by atoms with Crippen LogP contribution in [0.4, 0.5) is 4.39 Å². The molecule has 0 saturated heterocycles. The number of benzene rings is 2. The Morgan fingerprint density at radius 2 is 1.95 bits per heavy atom. The van der Waals surface area contributed by atoms with E-state index in [1.54, 1.807) is 20.1 Å². The zero-order valence-electron chi connectivity index (χ0n) is 24.4. The number of halogens is 3. The first-order valence-corrected chi connectivity index (χ1v) is 15.1. The molecule has 1 unspecified atom stereocenters. The number of primary amides is 1. The molecule has 2 aromatic heterocycles. The number of nitrogens with one attached hydrogen (secondary N) is 1. The predicted octanol–water partition coefficient (Wildman–Crippen LogP) is 7.04. The standard InChI is InChI=1S/C33H33Cl2FN4O3/c1-16(20-9-21-11-24(34)17(2)39-29(21)28(12-20)42-4)38-14-22(18-5-6-18)27-13-23-31(43-15-33(23,3)32(37)41)30(40-27)19-7-8-26(36)25(35)10-19/h7-13,16,18,22,38H,5-6,14-15H2,1-4H3,(H2,37,41)/t16?,22-,33-/m0/s1. The van der Waals surface area contributed by atoms with Gasteiger partial charge in [0, 0.05) is 40.7 Å². The summed E-state index contributed by atoms with van der Waals surface area (Å²) >= 11 is 12.5. The van der Waals surface area contributed by atoms with E-state index in [0.29, 0.717) is 45.8 Å². The number of aromatic nitrogens is 2. The van der Waals surface area contributed by atoms with Gasteiger partial charge in [-0.25, -0.2) is 14.4 Å². The van der Waals surface area contributed by atoms with Gasteiger partial charge in [0.2, 0.25) is 5.91 Å². The topological polar surface area (TPSA) is 99.4 Å². The number of pyridine rings is 2. The molecule has 7 nitrogen and oxygen atoms in total. The highest BCUT2D eigenvalue weighted by molar-refractivity contribution is 6.32. The van der Waals surface area contributed by atoms with Gasteiger partial charge in [0.1, 0.15) is 40.5 Å². The van der Waals surface area contributed by atoms with Crippen molar-refractivity contribution in [1.82, 2.24) is 15.3 Å². The molecule has 0 radical (unpaired) electrons. The monoisotopic (exact) mass is 622 g/mol. The van der Waals surface area contributed by atoms with Crippen LogP contribution in [0.3, 0.4) is 0 Å². The van der Waals surface area contributed by atoms with E-state index in [1.807, 2.05) is 25.1 Å². The van der Waals surface area contributed by atoms with Gasteiger partial charge in [-0.05, 0) is 87.6 Å². The van der Waals surface area contributed by atoms with Crippen LogP contribution in [-0.2, 0) is 10.2 Å². The van der Waals surface area contributed by atoms with Crippen molar-refractivity contribution in [3.05, 3.63) is 80.8 Å². The second kappa shape index (κ2) is 11.2.